The summed E-state index contributed by atoms with van der Waals surface area (Å²) < 4.78 is 0. The fourth-order valence-electron chi connectivity index (χ4n) is 9.00. The third-order valence-corrected chi connectivity index (χ3v) is 11.3. The van der Waals surface area contributed by atoms with Crippen molar-refractivity contribution in [3.8, 4) is 44.5 Å². The third kappa shape index (κ3) is 4.06. The van der Waals surface area contributed by atoms with E-state index in [0.29, 0.717) is 0 Å². The maximum absolute atomic E-state index is 2.48. The van der Waals surface area contributed by atoms with E-state index < -0.39 is 0 Å². The number of fused-ring (bicyclic) bond motifs is 7. The third-order valence-electron chi connectivity index (χ3n) is 11.3. The SMILES string of the molecule is Cc1ccc(-c2c3ccccc3c(-c3c4ccccc4c(-c4ccc5c(c4)C(C)(C)c4ccccc4-5)c4ccccc34)c3ccccc23)cc1. The van der Waals surface area contributed by atoms with Gasteiger partial charge in [0.15, 0.2) is 0 Å². The van der Waals surface area contributed by atoms with Crippen molar-refractivity contribution in [1.29, 1.82) is 0 Å². The molecule has 0 heterocycles. The van der Waals surface area contributed by atoms with Crippen LogP contribution in [0.1, 0.15) is 30.5 Å². The van der Waals surface area contributed by atoms with E-state index in [1.165, 1.54) is 104 Å². The zero-order valence-electron chi connectivity index (χ0n) is 28.6. The summed E-state index contributed by atoms with van der Waals surface area (Å²) in [5.74, 6) is 0. The van der Waals surface area contributed by atoms with E-state index in [9.17, 15) is 0 Å². The highest BCUT2D eigenvalue weighted by molar-refractivity contribution is 6.30. The highest BCUT2D eigenvalue weighted by atomic mass is 14.4. The van der Waals surface area contributed by atoms with Gasteiger partial charge in [0.1, 0.15) is 0 Å². The minimum atomic E-state index is -0.0650. The van der Waals surface area contributed by atoms with E-state index in [0.717, 1.165) is 0 Å². The highest BCUT2D eigenvalue weighted by Crippen LogP contribution is 2.53. The summed E-state index contributed by atoms with van der Waals surface area (Å²) in [6, 6.07) is 61.3. The first-order valence-corrected chi connectivity index (χ1v) is 17.7. The molecule has 0 heteroatoms. The molecule has 9 aromatic carbocycles. The lowest BCUT2D eigenvalue weighted by molar-refractivity contribution is 0.660. The van der Waals surface area contributed by atoms with Crippen LogP contribution in [0.3, 0.4) is 0 Å². The standard InChI is InChI=1S/C50H36/c1-31-24-26-32(27-25-31)46-36-15-4-8-19-40(36)48(41-20-9-5-16-37(41)46)49-42-21-10-6-17-38(42)47(39-18-7-11-22-43(39)49)33-28-29-35-34-14-12-13-23-44(34)50(2,3)45(35)30-33/h4-30H,1-3H3. The molecule has 0 amide bonds. The second-order valence-electron chi connectivity index (χ2n) is 14.5. The average molecular weight is 637 g/mol. The van der Waals surface area contributed by atoms with Gasteiger partial charge in [-0.3, -0.25) is 0 Å². The molecule has 0 nitrogen and oxygen atoms in total. The van der Waals surface area contributed by atoms with Gasteiger partial charge in [0, 0.05) is 5.41 Å². The predicted molar refractivity (Wildman–Crippen MR) is 215 cm³/mol. The zero-order valence-corrected chi connectivity index (χ0v) is 28.6. The van der Waals surface area contributed by atoms with Crippen molar-refractivity contribution in [2.45, 2.75) is 26.2 Å². The summed E-state index contributed by atoms with van der Waals surface area (Å²) in [4.78, 5) is 0. The molecule has 0 saturated carbocycles. The van der Waals surface area contributed by atoms with Crippen molar-refractivity contribution in [2.24, 2.45) is 0 Å². The quantitative estimate of drug-likeness (QED) is 0.169. The van der Waals surface area contributed by atoms with Crippen LogP contribution in [0.25, 0.3) is 87.6 Å². The smallest absolute Gasteiger partial charge is 0.0159 e. The molecule has 1 aliphatic carbocycles. The van der Waals surface area contributed by atoms with Crippen molar-refractivity contribution in [3.05, 3.63) is 180 Å². The van der Waals surface area contributed by atoms with E-state index in [-0.39, 0.29) is 5.41 Å². The van der Waals surface area contributed by atoms with Crippen molar-refractivity contribution >= 4 is 43.1 Å². The van der Waals surface area contributed by atoms with Gasteiger partial charge in [-0.2, -0.15) is 0 Å². The molecule has 10 rings (SSSR count). The molecule has 0 atom stereocenters. The minimum absolute atomic E-state index is 0.0650. The van der Waals surface area contributed by atoms with Crippen LogP contribution in [0.2, 0.25) is 0 Å². The van der Waals surface area contributed by atoms with E-state index in [2.05, 4.69) is 185 Å². The van der Waals surface area contributed by atoms with E-state index >= 15 is 0 Å². The largest absolute Gasteiger partial charge is 0.0619 e. The average Bonchev–Trinajstić information content (AvgIpc) is 3.39. The summed E-state index contributed by atoms with van der Waals surface area (Å²) in [5.41, 5.74) is 14.5. The second kappa shape index (κ2) is 10.8. The first-order chi connectivity index (χ1) is 24.5. The van der Waals surface area contributed by atoms with Crippen molar-refractivity contribution in [3.63, 3.8) is 0 Å². The predicted octanol–water partition coefficient (Wildman–Crippen LogP) is 13.9. The van der Waals surface area contributed by atoms with Crippen molar-refractivity contribution < 1.29 is 0 Å². The normalized spacial score (nSPS) is 13.3. The molecule has 1 aliphatic rings. The van der Waals surface area contributed by atoms with Gasteiger partial charge in [-0.05, 0) is 112 Å². The van der Waals surface area contributed by atoms with Crippen molar-refractivity contribution in [2.75, 3.05) is 0 Å². The Hall–Kier alpha value is -5.98. The van der Waals surface area contributed by atoms with Crippen LogP contribution in [0.15, 0.2) is 164 Å². The number of hydrogen-bond acceptors (Lipinski definition) is 0. The summed E-state index contributed by atoms with van der Waals surface area (Å²) >= 11 is 0. The fourth-order valence-corrected chi connectivity index (χ4v) is 9.00. The molecule has 0 spiro atoms. The number of aryl methyl sites for hydroxylation is 1. The monoisotopic (exact) mass is 636 g/mol. The van der Waals surface area contributed by atoms with Crippen LogP contribution < -0.4 is 0 Å². The van der Waals surface area contributed by atoms with Gasteiger partial charge in [-0.25, -0.2) is 0 Å². The number of rotatable bonds is 3. The molecule has 0 aliphatic heterocycles. The van der Waals surface area contributed by atoms with Gasteiger partial charge in [-0.1, -0.05) is 177 Å². The summed E-state index contributed by atoms with van der Waals surface area (Å²) in [5, 5.41) is 10.2. The highest BCUT2D eigenvalue weighted by Gasteiger charge is 2.35. The molecule has 0 N–H and O–H groups in total. The topological polar surface area (TPSA) is 0 Å². The van der Waals surface area contributed by atoms with Crippen molar-refractivity contribution in [1.82, 2.24) is 0 Å². The molecule has 0 saturated heterocycles. The Morgan fingerprint density at radius 1 is 0.320 bits per heavy atom. The molecule has 0 fully saturated rings. The molecular weight excluding hydrogens is 601 g/mol. The van der Waals surface area contributed by atoms with Gasteiger partial charge in [0.05, 0.1) is 0 Å². The maximum Gasteiger partial charge on any atom is 0.0159 e. The summed E-state index contributed by atoms with van der Waals surface area (Å²) in [6.45, 7) is 6.90. The molecule has 50 heavy (non-hydrogen) atoms. The zero-order chi connectivity index (χ0) is 33.6. The molecule has 236 valence electrons. The van der Waals surface area contributed by atoms with Crippen LogP contribution in [0.4, 0.5) is 0 Å². The Morgan fingerprint density at radius 2 is 0.680 bits per heavy atom. The second-order valence-corrected chi connectivity index (χ2v) is 14.5. The molecule has 0 bridgehead atoms. The van der Waals surface area contributed by atoms with Gasteiger partial charge < -0.3 is 0 Å². The Labute approximate surface area is 293 Å². The number of benzene rings is 9. The number of hydrogen-bond donors (Lipinski definition) is 0. The Bertz CT molecular complexity index is 2720. The molecule has 0 aromatic heterocycles. The van der Waals surface area contributed by atoms with E-state index in [1.54, 1.807) is 0 Å². The Morgan fingerprint density at radius 3 is 1.16 bits per heavy atom. The van der Waals surface area contributed by atoms with Gasteiger partial charge in [-0.15, -0.1) is 0 Å². The van der Waals surface area contributed by atoms with Gasteiger partial charge in [0.2, 0.25) is 0 Å². The lowest BCUT2D eigenvalue weighted by Gasteiger charge is -2.24. The van der Waals surface area contributed by atoms with Gasteiger partial charge in [0.25, 0.3) is 0 Å². The first-order valence-electron chi connectivity index (χ1n) is 17.7. The van der Waals surface area contributed by atoms with Crippen LogP contribution in [0, 0.1) is 6.92 Å². The molecule has 0 radical (unpaired) electrons. The first kappa shape index (κ1) is 29.0. The van der Waals surface area contributed by atoms with Crippen LogP contribution in [0.5, 0.6) is 0 Å². The lowest BCUT2D eigenvalue weighted by Crippen LogP contribution is -2.14. The summed E-state index contributed by atoms with van der Waals surface area (Å²) in [7, 11) is 0. The maximum atomic E-state index is 2.48. The van der Waals surface area contributed by atoms with Crippen LogP contribution in [-0.2, 0) is 5.41 Å². The summed E-state index contributed by atoms with van der Waals surface area (Å²) in [6.07, 6.45) is 0. The van der Waals surface area contributed by atoms with E-state index in [4.69, 9.17) is 0 Å². The lowest BCUT2D eigenvalue weighted by atomic mass is 9.79. The Kier molecular flexibility index (Phi) is 6.24. The molecular formula is C50H36. The molecule has 9 aromatic rings. The molecule has 0 unspecified atom stereocenters. The van der Waals surface area contributed by atoms with E-state index in [1.807, 2.05) is 0 Å². The fraction of sp³-hybridized carbons (Fsp3) is 0.0800. The van der Waals surface area contributed by atoms with Crippen LogP contribution in [-0.4, -0.2) is 0 Å². The van der Waals surface area contributed by atoms with Crippen LogP contribution >= 0.6 is 0 Å². The minimum Gasteiger partial charge on any atom is -0.0619 e. The van der Waals surface area contributed by atoms with Gasteiger partial charge >= 0.3 is 0 Å². The Balaban J connectivity index is 1.32.